The van der Waals surface area contributed by atoms with E-state index in [0.29, 0.717) is 39.6 Å². The minimum Gasteiger partial charge on any atom is -0.493 e. The first kappa shape index (κ1) is 22.7. The lowest BCUT2D eigenvalue weighted by Gasteiger charge is -2.40. The van der Waals surface area contributed by atoms with Crippen molar-refractivity contribution in [3.8, 4) is 11.5 Å². The van der Waals surface area contributed by atoms with Crippen molar-refractivity contribution in [3.63, 3.8) is 0 Å². The Balaban J connectivity index is 1.35. The Morgan fingerprint density at radius 1 is 0.973 bits per heavy atom. The van der Waals surface area contributed by atoms with Crippen LogP contribution in [-0.4, -0.2) is 48.4 Å². The van der Waals surface area contributed by atoms with E-state index in [9.17, 15) is 14.4 Å². The second-order valence-corrected chi connectivity index (χ2v) is 8.87. The van der Waals surface area contributed by atoms with Crippen molar-refractivity contribution in [3.05, 3.63) is 83.6 Å². The molecule has 1 atom stereocenters. The van der Waals surface area contributed by atoms with Gasteiger partial charge >= 0.3 is 0 Å². The Morgan fingerprint density at radius 2 is 1.81 bits per heavy atom. The first-order valence-corrected chi connectivity index (χ1v) is 11.9. The Hall–Kier alpha value is -4.79. The average Bonchev–Trinajstić information content (AvgIpc) is 3.52. The summed E-state index contributed by atoms with van der Waals surface area (Å²) in [5, 5.41) is 3.86. The predicted octanol–water partition coefficient (Wildman–Crippen LogP) is 4.33. The molecule has 0 bridgehead atoms. The van der Waals surface area contributed by atoms with E-state index >= 15 is 0 Å². The zero-order valence-electron chi connectivity index (χ0n) is 20.3. The number of fused-ring (bicyclic) bond motifs is 6. The van der Waals surface area contributed by atoms with Crippen LogP contribution in [0.25, 0.3) is 10.9 Å². The standard InChI is InChI=1S/C28H24N4O5/c1-36-22-11-10-18-24(25(22)37-2)28(35)32-21-9-4-3-6-17(21)27(34)31(26(18)32)15-13-23(33)30-20-8-5-7-19-16(20)12-14-29-19/h3-12,14,26,29H,13,15H2,1-2H3,(H,30,33)/t26-/m0/s1. The number of hydrogen-bond acceptors (Lipinski definition) is 5. The molecule has 0 fully saturated rings. The fourth-order valence-electron chi connectivity index (χ4n) is 5.28. The first-order valence-electron chi connectivity index (χ1n) is 11.9. The molecule has 2 N–H and O–H groups in total. The van der Waals surface area contributed by atoms with Crippen LogP contribution in [0.5, 0.6) is 11.5 Å². The summed E-state index contributed by atoms with van der Waals surface area (Å²) in [5.41, 5.74) is 3.52. The van der Waals surface area contributed by atoms with Crippen molar-refractivity contribution in [2.75, 3.05) is 31.0 Å². The molecule has 2 aliphatic heterocycles. The van der Waals surface area contributed by atoms with Gasteiger partial charge in [-0.15, -0.1) is 0 Å². The molecule has 0 aliphatic carbocycles. The first-order chi connectivity index (χ1) is 18.0. The highest BCUT2D eigenvalue weighted by atomic mass is 16.5. The van der Waals surface area contributed by atoms with Gasteiger partial charge in [-0.25, -0.2) is 0 Å². The molecule has 37 heavy (non-hydrogen) atoms. The summed E-state index contributed by atoms with van der Waals surface area (Å²) in [4.78, 5) is 46.7. The highest BCUT2D eigenvalue weighted by molar-refractivity contribution is 6.18. The van der Waals surface area contributed by atoms with Gasteiger partial charge in [0.2, 0.25) is 5.91 Å². The van der Waals surface area contributed by atoms with Crippen molar-refractivity contribution in [1.82, 2.24) is 9.88 Å². The van der Waals surface area contributed by atoms with Crippen LogP contribution < -0.4 is 19.7 Å². The molecule has 0 unspecified atom stereocenters. The lowest BCUT2D eigenvalue weighted by molar-refractivity contribution is -0.116. The molecule has 3 heterocycles. The Labute approximate surface area is 212 Å². The van der Waals surface area contributed by atoms with E-state index in [0.717, 1.165) is 10.9 Å². The van der Waals surface area contributed by atoms with Crippen molar-refractivity contribution in [2.45, 2.75) is 12.6 Å². The maximum absolute atomic E-state index is 13.7. The van der Waals surface area contributed by atoms with Crippen LogP contribution in [0.15, 0.2) is 66.9 Å². The molecule has 3 aromatic carbocycles. The van der Waals surface area contributed by atoms with Gasteiger partial charge in [-0.2, -0.15) is 0 Å². The van der Waals surface area contributed by atoms with E-state index in [2.05, 4.69) is 10.3 Å². The van der Waals surface area contributed by atoms with Crippen LogP contribution in [0.4, 0.5) is 11.4 Å². The van der Waals surface area contributed by atoms with Crippen molar-refractivity contribution >= 4 is 40.0 Å². The van der Waals surface area contributed by atoms with E-state index < -0.39 is 6.17 Å². The molecule has 3 amide bonds. The number of carbonyl (C=O) groups is 3. The molecule has 1 aromatic heterocycles. The molecule has 0 spiro atoms. The predicted molar refractivity (Wildman–Crippen MR) is 138 cm³/mol. The van der Waals surface area contributed by atoms with E-state index in [1.165, 1.54) is 14.2 Å². The van der Waals surface area contributed by atoms with Crippen LogP contribution in [0.3, 0.4) is 0 Å². The number of nitrogens with zero attached hydrogens (tertiary/aromatic N) is 2. The molecule has 0 saturated heterocycles. The molecule has 0 radical (unpaired) electrons. The third kappa shape index (κ3) is 3.42. The van der Waals surface area contributed by atoms with Gasteiger partial charge in [0.1, 0.15) is 6.17 Å². The number of benzene rings is 3. The summed E-state index contributed by atoms with van der Waals surface area (Å²) in [6.07, 6.45) is 1.16. The maximum Gasteiger partial charge on any atom is 0.264 e. The number of ether oxygens (including phenoxy) is 2. The van der Waals surface area contributed by atoms with Gasteiger partial charge in [-0.3, -0.25) is 19.3 Å². The molecule has 186 valence electrons. The summed E-state index contributed by atoms with van der Waals surface area (Å²) in [7, 11) is 2.99. The van der Waals surface area contributed by atoms with Gasteiger partial charge in [0.05, 0.1) is 36.7 Å². The minimum atomic E-state index is -0.703. The van der Waals surface area contributed by atoms with Crippen molar-refractivity contribution in [2.24, 2.45) is 0 Å². The third-order valence-corrected chi connectivity index (χ3v) is 6.93. The molecular formula is C28H24N4O5. The Bertz CT molecular complexity index is 1580. The SMILES string of the molecule is COc1ccc2c(c1OC)C(=O)N1c3ccccc3C(=O)N(CCC(=O)Nc3cccc4[nH]ccc34)[C@H]21. The van der Waals surface area contributed by atoms with Gasteiger partial charge in [-0.05, 0) is 36.4 Å². The number of rotatable bonds is 6. The fourth-order valence-corrected chi connectivity index (χ4v) is 5.28. The summed E-state index contributed by atoms with van der Waals surface area (Å²) in [6.45, 7) is 0.115. The molecule has 6 rings (SSSR count). The number of hydrogen-bond donors (Lipinski definition) is 2. The van der Waals surface area contributed by atoms with Crippen LogP contribution in [0.1, 0.15) is 38.9 Å². The lowest BCUT2D eigenvalue weighted by Crippen LogP contribution is -2.49. The van der Waals surface area contributed by atoms with Crippen molar-refractivity contribution in [1.29, 1.82) is 0 Å². The van der Waals surface area contributed by atoms with Crippen LogP contribution in [0, 0.1) is 0 Å². The largest absolute Gasteiger partial charge is 0.493 e. The van der Waals surface area contributed by atoms with Gasteiger partial charge in [0.25, 0.3) is 11.8 Å². The molecular weight excluding hydrogens is 472 g/mol. The minimum absolute atomic E-state index is 0.0515. The third-order valence-electron chi connectivity index (χ3n) is 6.93. The second-order valence-electron chi connectivity index (χ2n) is 8.87. The summed E-state index contributed by atoms with van der Waals surface area (Å²) in [5.74, 6) is -0.0126. The number of para-hydroxylation sites is 1. The Morgan fingerprint density at radius 3 is 2.62 bits per heavy atom. The number of carbonyl (C=O) groups excluding carboxylic acids is 3. The topological polar surface area (TPSA) is 104 Å². The summed E-state index contributed by atoms with van der Waals surface area (Å²) >= 11 is 0. The number of aromatic amines is 1. The smallest absolute Gasteiger partial charge is 0.264 e. The monoisotopic (exact) mass is 496 g/mol. The number of methoxy groups -OCH3 is 2. The van der Waals surface area contributed by atoms with Gasteiger partial charge in [0.15, 0.2) is 11.5 Å². The zero-order chi connectivity index (χ0) is 25.7. The number of aromatic nitrogens is 1. The lowest BCUT2D eigenvalue weighted by atomic mass is 10.0. The second kappa shape index (κ2) is 8.70. The molecule has 2 aliphatic rings. The normalized spacial score (nSPS) is 15.9. The maximum atomic E-state index is 13.7. The summed E-state index contributed by atoms with van der Waals surface area (Å²) in [6, 6.07) is 18.0. The van der Waals surface area contributed by atoms with Gasteiger partial charge in [0, 0.05) is 35.6 Å². The highest BCUT2D eigenvalue weighted by Crippen LogP contribution is 2.49. The highest BCUT2D eigenvalue weighted by Gasteiger charge is 2.49. The summed E-state index contributed by atoms with van der Waals surface area (Å²) < 4.78 is 11.0. The number of H-pyrrole nitrogens is 1. The van der Waals surface area contributed by atoms with Crippen LogP contribution >= 0.6 is 0 Å². The zero-order valence-corrected chi connectivity index (χ0v) is 20.3. The molecule has 4 aromatic rings. The fraction of sp³-hybridized carbons (Fsp3) is 0.179. The Kier molecular flexibility index (Phi) is 5.33. The van der Waals surface area contributed by atoms with Crippen LogP contribution in [-0.2, 0) is 4.79 Å². The van der Waals surface area contributed by atoms with E-state index in [-0.39, 0.29) is 30.7 Å². The number of anilines is 2. The van der Waals surface area contributed by atoms with E-state index in [1.54, 1.807) is 46.2 Å². The molecule has 0 saturated carbocycles. The van der Waals surface area contributed by atoms with Crippen LogP contribution in [0.2, 0.25) is 0 Å². The quantitative estimate of drug-likeness (QED) is 0.414. The number of amides is 3. The molecule has 9 heteroatoms. The number of nitrogens with one attached hydrogen (secondary N) is 2. The van der Waals surface area contributed by atoms with Gasteiger partial charge < -0.3 is 24.7 Å². The average molecular weight is 497 g/mol. The van der Waals surface area contributed by atoms with Gasteiger partial charge in [-0.1, -0.05) is 24.3 Å². The van der Waals surface area contributed by atoms with E-state index in [1.807, 2.05) is 30.5 Å². The van der Waals surface area contributed by atoms with Crippen molar-refractivity contribution < 1.29 is 23.9 Å². The van der Waals surface area contributed by atoms with E-state index in [4.69, 9.17) is 9.47 Å². The molecule has 9 nitrogen and oxygen atoms in total.